The van der Waals surface area contributed by atoms with Crippen molar-refractivity contribution in [2.45, 2.75) is 40.2 Å². The Balaban J connectivity index is 2.73. The molecule has 1 unspecified atom stereocenters. The maximum Gasteiger partial charge on any atom is 0.326 e. The van der Waals surface area contributed by atoms with Crippen LogP contribution in [0.3, 0.4) is 0 Å². The van der Waals surface area contributed by atoms with E-state index in [4.69, 9.17) is 5.11 Å². The van der Waals surface area contributed by atoms with Crippen LogP contribution in [0.4, 0.5) is 10.5 Å². The van der Waals surface area contributed by atoms with Crippen LogP contribution in [0.1, 0.15) is 31.4 Å². The van der Waals surface area contributed by atoms with Crippen molar-refractivity contribution in [3.8, 4) is 0 Å². The van der Waals surface area contributed by atoms with Gasteiger partial charge in [0.2, 0.25) is 0 Å². The molecule has 0 aliphatic carbocycles. The zero-order chi connectivity index (χ0) is 15.3. The molecule has 0 saturated heterocycles. The number of benzene rings is 1. The van der Waals surface area contributed by atoms with Crippen LogP contribution in [0.15, 0.2) is 18.2 Å². The summed E-state index contributed by atoms with van der Waals surface area (Å²) >= 11 is 0. The summed E-state index contributed by atoms with van der Waals surface area (Å²) in [6.45, 7) is 7.56. The molecule has 0 fully saturated rings. The maximum atomic E-state index is 11.9. The number of carboxylic acids is 1. The average molecular weight is 278 g/mol. The minimum Gasteiger partial charge on any atom is -0.480 e. The summed E-state index contributed by atoms with van der Waals surface area (Å²) in [6, 6.07) is 4.28. The van der Waals surface area contributed by atoms with Crippen molar-refractivity contribution in [2.24, 2.45) is 5.92 Å². The fourth-order valence-corrected chi connectivity index (χ4v) is 1.94. The zero-order valence-corrected chi connectivity index (χ0v) is 12.4. The molecule has 0 aliphatic heterocycles. The van der Waals surface area contributed by atoms with Crippen LogP contribution in [0.5, 0.6) is 0 Å². The Morgan fingerprint density at radius 3 is 2.45 bits per heavy atom. The van der Waals surface area contributed by atoms with Gasteiger partial charge < -0.3 is 15.7 Å². The highest BCUT2D eigenvalue weighted by Crippen LogP contribution is 2.16. The largest absolute Gasteiger partial charge is 0.480 e. The molecule has 5 heteroatoms. The average Bonchev–Trinajstić information content (AvgIpc) is 2.38. The quantitative estimate of drug-likeness (QED) is 0.775. The first-order valence-corrected chi connectivity index (χ1v) is 6.72. The molecule has 1 aromatic carbocycles. The fourth-order valence-electron chi connectivity index (χ4n) is 1.94. The summed E-state index contributed by atoms with van der Waals surface area (Å²) in [7, 11) is 0. The van der Waals surface area contributed by atoms with Crippen LogP contribution in [-0.2, 0) is 4.79 Å². The van der Waals surface area contributed by atoms with Crippen LogP contribution in [0, 0.1) is 19.8 Å². The van der Waals surface area contributed by atoms with Crippen molar-refractivity contribution >= 4 is 17.7 Å². The minimum atomic E-state index is -1.02. The zero-order valence-electron chi connectivity index (χ0n) is 12.4. The molecule has 20 heavy (non-hydrogen) atoms. The smallest absolute Gasteiger partial charge is 0.326 e. The first-order chi connectivity index (χ1) is 9.35. The molecule has 0 heterocycles. The number of hydrogen-bond donors (Lipinski definition) is 3. The van der Waals surface area contributed by atoms with Gasteiger partial charge >= 0.3 is 12.0 Å². The molecule has 1 aromatic rings. The van der Waals surface area contributed by atoms with Crippen LogP contribution < -0.4 is 10.6 Å². The maximum absolute atomic E-state index is 11.9. The van der Waals surface area contributed by atoms with E-state index >= 15 is 0 Å². The van der Waals surface area contributed by atoms with Crippen molar-refractivity contribution in [3.05, 3.63) is 29.3 Å². The third-order valence-electron chi connectivity index (χ3n) is 3.40. The van der Waals surface area contributed by atoms with E-state index in [9.17, 15) is 9.59 Å². The summed E-state index contributed by atoms with van der Waals surface area (Å²) in [5.41, 5.74) is 2.73. The summed E-state index contributed by atoms with van der Waals surface area (Å²) in [4.78, 5) is 23.1. The standard InChI is InChI=1S/C15H22N2O3/c1-5-10(3)13(14(18)19)17-15(20)16-12-7-6-9(2)8-11(12)4/h6-8,10,13H,5H2,1-4H3,(H,18,19)(H2,16,17,20)/t10?,13-/m0/s1. The highest BCUT2D eigenvalue weighted by atomic mass is 16.4. The van der Waals surface area contributed by atoms with Gasteiger partial charge in [-0.25, -0.2) is 9.59 Å². The van der Waals surface area contributed by atoms with Crippen LogP contribution in [0.2, 0.25) is 0 Å². The Hall–Kier alpha value is -2.04. The van der Waals surface area contributed by atoms with Gasteiger partial charge in [0.15, 0.2) is 0 Å². The second kappa shape index (κ2) is 6.93. The molecule has 0 saturated carbocycles. The van der Waals surface area contributed by atoms with Gasteiger partial charge in [-0.2, -0.15) is 0 Å². The van der Waals surface area contributed by atoms with Crippen LogP contribution >= 0.6 is 0 Å². The van der Waals surface area contributed by atoms with Gasteiger partial charge in [0.1, 0.15) is 6.04 Å². The van der Waals surface area contributed by atoms with Crippen molar-refractivity contribution in [2.75, 3.05) is 5.32 Å². The first kappa shape index (κ1) is 16.0. The van der Waals surface area contributed by atoms with Gasteiger partial charge in [0.05, 0.1) is 0 Å². The summed E-state index contributed by atoms with van der Waals surface area (Å²) in [5.74, 6) is -1.15. The number of anilines is 1. The predicted molar refractivity (Wildman–Crippen MR) is 78.9 cm³/mol. The van der Waals surface area contributed by atoms with E-state index in [1.165, 1.54) is 0 Å². The molecular weight excluding hydrogens is 256 g/mol. The lowest BCUT2D eigenvalue weighted by molar-refractivity contribution is -0.140. The summed E-state index contributed by atoms with van der Waals surface area (Å²) in [5, 5.41) is 14.3. The van der Waals surface area contributed by atoms with E-state index in [1.807, 2.05) is 39.0 Å². The Morgan fingerprint density at radius 1 is 1.30 bits per heavy atom. The third kappa shape index (κ3) is 4.26. The number of aliphatic carboxylic acids is 1. The Morgan fingerprint density at radius 2 is 1.95 bits per heavy atom. The van der Waals surface area contributed by atoms with Gasteiger partial charge in [0, 0.05) is 5.69 Å². The molecule has 0 bridgehead atoms. The number of carbonyl (C=O) groups excluding carboxylic acids is 1. The molecule has 0 aromatic heterocycles. The molecular formula is C15H22N2O3. The van der Waals surface area contributed by atoms with E-state index in [0.717, 1.165) is 11.1 Å². The topological polar surface area (TPSA) is 78.4 Å². The van der Waals surface area contributed by atoms with E-state index < -0.39 is 18.0 Å². The molecule has 5 nitrogen and oxygen atoms in total. The fraction of sp³-hybridized carbons (Fsp3) is 0.467. The summed E-state index contributed by atoms with van der Waals surface area (Å²) in [6.07, 6.45) is 0.681. The van der Waals surface area contributed by atoms with Crippen molar-refractivity contribution < 1.29 is 14.7 Å². The van der Waals surface area contributed by atoms with E-state index in [2.05, 4.69) is 10.6 Å². The van der Waals surface area contributed by atoms with Gasteiger partial charge in [-0.3, -0.25) is 0 Å². The Kier molecular flexibility index (Phi) is 5.55. The van der Waals surface area contributed by atoms with E-state index in [0.29, 0.717) is 12.1 Å². The van der Waals surface area contributed by atoms with Crippen LogP contribution in [-0.4, -0.2) is 23.1 Å². The molecule has 0 aliphatic rings. The van der Waals surface area contributed by atoms with Gasteiger partial charge in [-0.15, -0.1) is 0 Å². The number of hydrogen-bond acceptors (Lipinski definition) is 2. The normalized spacial score (nSPS) is 13.4. The predicted octanol–water partition coefficient (Wildman–Crippen LogP) is 2.92. The number of amides is 2. The molecule has 0 radical (unpaired) electrons. The van der Waals surface area contributed by atoms with E-state index in [1.54, 1.807) is 6.92 Å². The molecule has 110 valence electrons. The van der Waals surface area contributed by atoms with E-state index in [-0.39, 0.29) is 5.92 Å². The molecule has 1 rings (SSSR count). The lowest BCUT2D eigenvalue weighted by Crippen LogP contribution is -2.46. The molecule has 3 N–H and O–H groups in total. The molecule has 0 spiro atoms. The highest BCUT2D eigenvalue weighted by Gasteiger charge is 2.25. The second-order valence-corrected chi connectivity index (χ2v) is 5.12. The third-order valence-corrected chi connectivity index (χ3v) is 3.40. The number of nitrogens with one attached hydrogen (secondary N) is 2. The summed E-state index contributed by atoms with van der Waals surface area (Å²) < 4.78 is 0. The first-order valence-electron chi connectivity index (χ1n) is 6.72. The Bertz CT molecular complexity index is 500. The number of carboxylic acid groups (broad SMARTS) is 1. The van der Waals surface area contributed by atoms with Gasteiger partial charge in [0.25, 0.3) is 0 Å². The number of carbonyl (C=O) groups is 2. The highest BCUT2D eigenvalue weighted by molar-refractivity contribution is 5.92. The van der Waals surface area contributed by atoms with Crippen LogP contribution in [0.25, 0.3) is 0 Å². The molecule has 2 atom stereocenters. The monoisotopic (exact) mass is 278 g/mol. The van der Waals surface area contributed by atoms with Gasteiger partial charge in [-0.1, -0.05) is 38.0 Å². The minimum absolute atomic E-state index is 0.127. The second-order valence-electron chi connectivity index (χ2n) is 5.12. The number of rotatable bonds is 5. The Labute approximate surface area is 119 Å². The number of aryl methyl sites for hydroxylation is 2. The van der Waals surface area contributed by atoms with Gasteiger partial charge in [-0.05, 0) is 31.4 Å². The van der Waals surface area contributed by atoms with Crippen molar-refractivity contribution in [3.63, 3.8) is 0 Å². The number of urea groups is 1. The lowest BCUT2D eigenvalue weighted by Gasteiger charge is -2.20. The molecule has 2 amide bonds. The van der Waals surface area contributed by atoms with Crippen molar-refractivity contribution in [1.29, 1.82) is 0 Å². The van der Waals surface area contributed by atoms with Crippen molar-refractivity contribution in [1.82, 2.24) is 5.32 Å². The lowest BCUT2D eigenvalue weighted by atomic mass is 9.99. The SMILES string of the molecule is CCC(C)[C@H](NC(=O)Nc1ccc(C)cc1C)C(=O)O.